The molecule has 2 heterocycles. The molecule has 2 aromatic heterocycles. The molecule has 2 N–H and O–H groups in total. The van der Waals surface area contributed by atoms with Gasteiger partial charge < -0.3 is 10.6 Å². The van der Waals surface area contributed by atoms with Gasteiger partial charge in [-0.1, -0.05) is 18.2 Å². The number of carbonyl (C=O) groups excluding carboxylic acids is 1. The fourth-order valence-electron chi connectivity index (χ4n) is 2.03. The van der Waals surface area contributed by atoms with Gasteiger partial charge in [-0.3, -0.25) is 9.78 Å². The number of nitrogens with one attached hydrogen (secondary N) is 2. The van der Waals surface area contributed by atoms with E-state index in [1.165, 1.54) is 6.33 Å². The van der Waals surface area contributed by atoms with Crippen LogP contribution in [0.5, 0.6) is 0 Å². The Labute approximate surface area is 147 Å². The molecule has 6 nitrogen and oxygen atoms in total. The summed E-state index contributed by atoms with van der Waals surface area (Å²) in [5.74, 6) is 0.278. The van der Waals surface area contributed by atoms with Gasteiger partial charge in [0.15, 0.2) is 0 Å². The maximum atomic E-state index is 12.2. The molecule has 7 heteroatoms. The van der Waals surface area contributed by atoms with E-state index in [0.29, 0.717) is 18.1 Å². The van der Waals surface area contributed by atoms with Crippen molar-refractivity contribution in [3.63, 3.8) is 0 Å². The van der Waals surface area contributed by atoms with Gasteiger partial charge in [0, 0.05) is 29.5 Å². The van der Waals surface area contributed by atoms with Crippen LogP contribution in [0.1, 0.15) is 16.1 Å². The van der Waals surface area contributed by atoms with Crippen LogP contribution in [-0.2, 0) is 6.54 Å². The van der Waals surface area contributed by atoms with Crippen molar-refractivity contribution in [2.24, 2.45) is 0 Å². The highest BCUT2D eigenvalue weighted by molar-refractivity contribution is 9.10. The molecule has 0 aliphatic carbocycles. The summed E-state index contributed by atoms with van der Waals surface area (Å²) in [6.45, 7) is 0.393. The fraction of sp³-hybridized carbons (Fsp3) is 0.0588. The molecule has 0 atom stereocenters. The third-order valence-corrected chi connectivity index (χ3v) is 3.90. The highest BCUT2D eigenvalue weighted by Crippen LogP contribution is 2.24. The second-order valence-electron chi connectivity index (χ2n) is 4.94. The zero-order valence-electron chi connectivity index (χ0n) is 12.6. The molecule has 0 saturated carbocycles. The lowest BCUT2D eigenvalue weighted by atomic mass is 10.2. The summed E-state index contributed by atoms with van der Waals surface area (Å²) in [7, 11) is 0. The molecule has 0 aliphatic heterocycles. The Bertz CT molecular complexity index is 841. The molecule has 24 heavy (non-hydrogen) atoms. The normalized spacial score (nSPS) is 10.2. The molecular weight excluding hydrogens is 370 g/mol. The Hall–Kier alpha value is -2.80. The number of carbonyl (C=O) groups is 1. The van der Waals surface area contributed by atoms with E-state index in [9.17, 15) is 4.79 Å². The lowest BCUT2D eigenvalue weighted by molar-refractivity contribution is 0.0946. The SMILES string of the molecule is O=C(NCc1cccnc1)c1cc(Nc2ccccc2Br)ncn1. The third kappa shape index (κ3) is 4.14. The van der Waals surface area contributed by atoms with Gasteiger partial charge in [0.2, 0.25) is 0 Å². The minimum atomic E-state index is -0.267. The summed E-state index contributed by atoms with van der Waals surface area (Å²) in [4.78, 5) is 24.4. The minimum Gasteiger partial charge on any atom is -0.347 e. The second kappa shape index (κ2) is 7.65. The van der Waals surface area contributed by atoms with Crippen LogP contribution < -0.4 is 10.6 Å². The van der Waals surface area contributed by atoms with Crippen molar-refractivity contribution < 1.29 is 4.79 Å². The quantitative estimate of drug-likeness (QED) is 0.706. The molecule has 1 aromatic carbocycles. The standard InChI is InChI=1S/C17H14BrN5O/c18-13-5-1-2-6-14(13)23-16-8-15(21-11-22-16)17(24)20-10-12-4-3-7-19-9-12/h1-9,11H,10H2,(H,20,24)(H,21,22,23). The van der Waals surface area contributed by atoms with Gasteiger partial charge in [-0.25, -0.2) is 9.97 Å². The van der Waals surface area contributed by atoms with Crippen LogP contribution >= 0.6 is 15.9 Å². The van der Waals surface area contributed by atoms with E-state index in [0.717, 1.165) is 15.7 Å². The maximum Gasteiger partial charge on any atom is 0.270 e. The molecule has 0 fully saturated rings. The number of hydrogen-bond donors (Lipinski definition) is 2. The number of benzene rings is 1. The van der Waals surface area contributed by atoms with Gasteiger partial charge in [-0.05, 0) is 39.7 Å². The highest BCUT2D eigenvalue weighted by atomic mass is 79.9. The Kier molecular flexibility index (Phi) is 5.12. The van der Waals surface area contributed by atoms with E-state index in [4.69, 9.17) is 0 Å². The number of anilines is 2. The van der Waals surface area contributed by atoms with Crippen molar-refractivity contribution in [1.29, 1.82) is 0 Å². The number of pyridine rings is 1. The van der Waals surface area contributed by atoms with Gasteiger partial charge in [-0.2, -0.15) is 0 Å². The van der Waals surface area contributed by atoms with Gasteiger partial charge in [0.25, 0.3) is 5.91 Å². The third-order valence-electron chi connectivity index (χ3n) is 3.21. The van der Waals surface area contributed by atoms with E-state index in [1.807, 2.05) is 36.4 Å². The van der Waals surface area contributed by atoms with Crippen molar-refractivity contribution >= 4 is 33.3 Å². The summed E-state index contributed by atoms with van der Waals surface area (Å²) in [6, 6.07) is 13.0. The van der Waals surface area contributed by atoms with Crippen molar-refractivity contribution in [1.82, 2.24) is 20.3 Å². The Balaban J connectivity index is 1.68. The number of rotatable bonds is 5. The average molecular weight is 384 g/mol. The minimum absolute atomic E-state index is 0.267. The summed E-state index contributed by atoms with van der Waals surface area (Å²) in [5.41, 5.74) is 2.08. The average Bonchev–Trinajstić information content (AvgIpc) is 2.63. The molecule has 3 aromatic rings. The summed E-state index contributed by atoms with van der Waals surface area (Å²) >= 11 is 3.46. The highest BCUT2D eigenvalue weighted by Gasteiger charge is 2.09. The zero-order valence-corrected chi connectivity index (χ0v) is 14.2. The van der Waals surface area contributed by atoms with Crippen LogP contribution in [0.25, 0.3) is 0 Å². The Morgan fingerprint density at radius 3 is 2.79 bits per heavy atom. The topological polar surface area (TPSA) is 79.8 Å². The molecule has 3 rings (SSSR count). The van der Waals surface area contributed by atoms with E-state index in [2.05, 4.69) is 41.5 Å². The van der Waals surface area contributed by atoms with E-state index >= 15 is 0 Å². The summed E-state index contributed by atoms with van der Waals surface area (Å²) < 4.78 is 0.909. The molecule has 0 bridgehead atoms. The Morgan fingerprint density at radius 1 is 1.12 bits per heavy atom. The smallest absolute Gasteiger partial charge is 0.270 e. The molecule has 0 radical (unpaired) electrons. The van der Waals surface area contributed by atoms with Gasteiger partial charge >= 0.3 is 0 Å². The number of amides is 1. The largest absolute Gasteiger partial charge is 0.347 e. The lowest BCUT2D eigenvalue weighted by Gasteiger charge is -2.09. The van der Waals surface area contributed by atoms with Crippen molar-refractivity contribution in [3.8, 4) is 0 Å². The van der Waals surface area contributed by atoms with E-state index in [-0.39, 0.29) is 5.91 Å². The molecule has 1 amide bonds. The zero-order chi connectivity index (χ0) is 16.8. The molecule has 0 aliphatic rings. The Morgan fingerprint density at radius 2 is 2.00 bits per heavy atom. The first-order valence-corrected chi connectivity index (χ1v) is 8.02. The van der Waals surface area contributed by atoms with Crippen LogP contribution in [0, 0.1) is 0 Å². The monoisotopic (exact) mass is 383 g/mol. The van der Waals surface area contributed by atoms with Crippen LogP contribution in [0.2, 0.25) is 0 Å². The second-order valence-corrected chi connectivity index (χ2v) is 5.79. The molecular formula is C17H14BrN5O. The van der Waals surface area contributed by atoms with Crippen LogP contribution in [0.15, 0.2) is 65.7 Å². The first kappa shape index (κ1) is 16.1. The lowest BCUT2D eigenvalue weighted by Crippen LogP contribution is -2.24. The van der Waals surface area contributed by atoms with Gasteiger partial charge in [-0.15, -0.1) is 0 Å². The number of aromatic nitrogens is 3. The molecule has 120 valence electrons. The van der Waals surface area contributed by atoms with Crippen LogP contribution in [-0.4, -0.2) is 20.9 Å². The van der Waals surface area contributed by atoms with Crippen LogP contribution in [0.4, 0.5) is 11.5 Å². The predicted octanol–water partition coefficient (Wildman–Crippen LogP) is 3.31. The summed E-state index contributed by atoms with van der Waals surface area (Å²) in [6.07, 6.45) is 4.76. The van der Waals surface area contributed by atoms with Gasteiger partial charge in [0.1, 0.15) is 17.8 Å². The first-order chi connectivity index (χ1) is 11.7. The number of nitrogens with zero attached hydrogens (tertiary/aromatic N) is 3. The first-order valence-electron chi connectivity index (χ1n) is 7.23. The summed E-state index contributed by atoms with van der Waals surface area (Å²) in [5, 5.41) is 5.96. The molecule has 0 unspecified atom stereocenters. The van der Waals surface area contributed by atoms with E-state index < -0.39 is 0 Å². The maximum absolute atomic E-state index is 12.2. The van der Waals surface area contributed by atoms with Crippen molar-refractivity contribution in [2.45, 2.75) is 6.54 Å². The van der Waals surface area contributed by atoms with Crippen molar-refractivity contribution in [2.75, 3.05) is 5.32 Å². The number of hydrogen-bond acceptors (Lipinski definition) is 5. The van der Waals surface area contributed by atoms with E-state index in [1.54, 1.807) is 18.5 Å². The van der Waals surface area contributed by atoms with Crippen LogP contribution in [0.3, 0.4) is 0 Å². The number of para-hydroxylation sites is 1. The molecule has 0 spiro atoms. The fourth-order valence-corrected chi connectivity index (χ4v) is 2.41. The molecule has 0 saturated heterocycles. The van der Waals surface area contributed by atoms with Gasteiger partial charge in [0.05, 0.1) is 5.69 Å². The number of halogens is 1. The van der Waals surface area contributed by atoms with Crippen molar-refractivity contribution in [3.05, 3.63) is 76.9 Å². The predicted molar refractivity (Wildman–Crippen MR) is 94.9 cm³/mol.